The van der Waals surface area contributed by atoms with Crippen molar-refractivity contribution in [2.24, 2.45) is 0 Å². The molecule has 0 radical (unpaired) electrons. The minimum Gasteiger partial charge on any atom is -0.466 e. The Morgan fingerprint density at radius 3 is 2.54 bits per heavy atom. The van der Waals surface area contributed by atoms with Gasteiger partial charge in [0.25, 0.3) is 5.91 Å². The molecule has 1 aromatic carbocycles. The Labute approximate surface area is 140 Å². The number of carbonyl (C=O) groups excluding carboxylic acids is 2. The molecular formula is C19H19NO4. The van der Waals surface area contributed by atoms with Crippen molar-refractivity contribution in [2.45, 2.75) is 32.3 Å². The predicted molar refractivity (Wildman–Crippen MR) is 86.9 cm³/mol. The number of furan rings is 1. The predicted octanol–water partition coefficient (Wildman–Crippen LogP) is 3.20. The van der Waals surface area contributed by atoms with Gasteiger partial charge in [-0.2, -0.15) is 0 Å². The van der Waals surface area contributed by atoms with Crippen LogP contribution < -0.4 is 0 Å². The van der Waals surface area contributed by atoms with Crippen molar-refractivity contribution in [1.29, 1.82) is 0 Å². The third kappa shape index (κ3) is 2.15. The van der Waals surface area contributed by atoms with Crippen molar-refractivity contribution in [3.63, 3.8) is 0 Å². The van der Waals surface area contributed by atoms with Crippen molar-refractivity contribution in [1.82, 2.24) is 4.90 Å². The first-order valence-electron chi connectivity index (χ1n) is 8.19. The van der Waals surface area contributed by atoms with Gasteiger partial charge in [0.1, 0.15) is 17.1 Å². The maximum absolute atomic E-state index is 12.7. The second-order valence-electron chi connectivity index (χ2n) is 6.55. The molecule has 1 fully saturated rings. The second kappa shape index (κ2) is 5.23. The molecule has 0 bridgehead atoms. The van der Waals surface area contributed by atoms with Gasteiger partial charge in [-0.25, -0.2) is 4.79 Å². The van der Waals surface area contributed by atoms with Crippen LogP contribution in [0.3, 0.4) is 0 Å². The molecule has 3 heterocycles. The summed E-state index contributed by atoms with van der Waals surface area (Å²) >= 11 is 0. The van der Waals surface area contributed by atoms with Crippen LogP contribution in [0.25, 0.3) is 0 Å². The third-order valence-corrected chi connectivity index (χ3v) is 5.06. The fourth-order valence-electron chi connectivity index (χ4n) is 3.80. The Hall–Kier alpha value is -2.56. The maximum atomic E-state index is 12.7. The van der Waals surface area contributed by atoms with E-state index >= 15 is 0 Å². The highest BCUT2D eigenvalue weighted by Gasteiger charge is 2.47. The van der Waals surface area contributed by atoms with Crippen molar-refractivity contribution in [3.8, 4) is 0 Å². The fraction of sp³-hybridized carbons (Fsp3) is 0.368. The molecule has 0 unspecified atom stereocenters. The van der Waals surface area contributed by atoms with E-state index in [4.69, 9.17) is 9.15 Å². The molecule has 1 saturated heterocycles. The summed E-state index contributed by atoms with van der Waals surface area (Å²) in [5.74, 6) is 1.11. The SMILES string of the molecule is Cc1cc(C(=O)N2CCC3(CC2)OC(=O)c2ccccc23)c(C)o1. The summed E-state index contributed by atoms with van der Waals surface area (Å²) in [6.45, 7) is 4.76. The van der Waals surface area contributed by atoms with Crippen LogP contribution in [0.15, 0.2) is 34.7 Å². The smallest absolute Gasteiger partial charge is 0.339 e. The molecule has 24 heavy (non-hydrogen) atoms. The molecule has 2 aliphatic rings. The average Bonchev–Trinajstić information content (AvgIpc) is 3.05. The van der Waals surface area contributed by atoms with E-state index in [1.54, 1.807) is 13.0 Å². The summed E-state index contributed by atoms with van der Waals surface area (Å²) in [5, 5.41) is 0. The van der Waals surface area contributed by atoms with E-state index in [0.29, 0.717) is 42.8 Å². The molecule has 0 atom stereocenters. The number of ether oxygens (including phenoxy) is 1. The Balaban J connectivity index is 1.55. The van der Waals surface area contributed by atoms with E-state index in [-0.39, 0.29) is 11.9 Å². The standard InChI is InChI=1S/C19H19NO4/c1-12-11-15(13(2)23-12)17(21)20-9-7-19(8-10-20)16-6-4-3-5-14(16)18(22)24-19/h3-6,11H,7-10H2,1-2H3. The van der Waals surface area contributed by atoms with E-state index in [0.717, 1.165) is 11.3 Å². The number of carbonyl (C=O) groups is 2. The van der Waals surface area contributed by atoms with Crippen LogP contribution in [0.4, 0.5) is 0 Å². The van der Waals surface area contributed by atoms with Gasteiger partial charge in [0.05, 0.1) is 11.1 Å². The second-order valence-corrected chi connectivity index (χ2v) is 6.55. The Bertz CT molecular complexity index is 828. The van der Waals surface area contributed by atoms with Gasteiger partial charge in [-0.1, -0.05) is 18.2 Å². The van der Waals surface area contributed by atoms with Gasteiger partial charge in [0, 0.05) is 31.5 Å². The normalized spacial score (nSPS) is 18.6. The topological polar surface area (TPSA) is 59.8 Å². The zero-order valence-electron chi connectivity index (χ0n) is 13.8. The number of hydrogen-bond donors (Lipinski definition) is 0. The van der Waals surface area contributed by atoms with Crippen LogP contribution in [0.1, 0.15) is 50.6 Å². The summed E-state index contributed by atoms with van der Waals surface area (Å²) < 4.78 is 11.2. The van der Waals surface area contributed by atoms with Crippen molar-refractivity contribution >= 4 is 11.9 Å². The highest BCUT2D eigenvalue weighted by Crippen LogP contribution is 2.44. The van der Waals surface area contributed by atoms with E-state index in [2.05, 4.69) is 0 Å². The number of esters is 1. The monoisotopic (exact) mass is 325 g/mol. The molecular weight excluding hydrogens is 306 g/mol. The summed E-state index contributed by atoms with van der Waals surface area (Å²) in [6, 6.07) is 9.33. The first-order chi connectivity index (χ1) is 11.5. The third-order valence-electron chi connectivity index (χ3n) is 5.06. The average molecular weight is 325 g/mol. The van der Waals surface area contributed by atoms with Gasteiger partial charge >= 0.3 is 5.97 Å². The van der Waals surface area contributed by atoms with E-state index < -0.39 is 5.60 Å². The van der Waals surface area contributed by atoms with E-state index in [1.807, 2.05) is 36.1 Å². The Morgan fingerprint density at radius 2 is 1.88 bits per heavy atom. The molecule has 1 amide bonds. The molecule has 1 spiro atoms. The molecule has 2 aliphatic heterocycles. The number of piperidine rings is 1. The first-order valence-corrected chi connectivity index (χ1v) is 8.19. The Morgan fingerprint density at radius 1 is 1.17 bits per heavy atom. The van der Waals surface area contributed by atoms with Gasteiger partial charge < -0.3 is 14.1 Å². The molecule has 4 rings (SSSR count). The van der Waals surface area contributed by atoms with Crippen LogP contribution in [0, 0.1) is 13.8 Å². The van der Waals surface area contributed by atoms with Crippen LogP contribution in [0.5, 0.6) is 0 Å². The molecule has 5 heteroatoms. The lowest BCUT2D eigenvalue weighted by Crippen LogP contribution is -2.45. The van der Waals surface area contributed by atoms with Gasteiger partial charge in [0.2, 0.25) is 0 Å². The summed E-state index contributed by atoms with van der Waals surface area (Å²) in [4.78, 5) is 26.6. The van der Waals surface area contributed by atoms with Crippen LogP contribution in [-0.2, 0) is 10.3 Å². The molecule has 124 valence electrons. The molecule has 0 saturated carbocycles. The molecule has 1 aromatic heterocycles. The van der Waals surface area contributed by atoms with Gasteiger partial charge in [-0.05, 0) is 26.0 Å². The number of benzene rings is 1. The van der Waals surface area contributed by atoms with Crippen LogP contribution >= 0.6 is 0 Å². The van der Waals surface area contributed by atoms with Gasteiger partial charge in [-0.15, -0.1) is 0 Å². The molecule has 0 N–H and O–H groups in total. The van der Waals surface area contributed by atoms with E-state index in [1.165, 1.54) is 0 Å². The number of amides is 1. The molecule has 5 nitrogen and oxygen atoms in total. The number of likely N-dealkylation sites (tertiary alicyclic amines) is 1. The fourth-order valence-corrected chi connectivity index (χ4v) is 3.80. The number of fused-ring (bicyclic) bond motifs is 2. The minimum absolute atomic E-state index is 0.0168. The first kappa shape index (κ1) is 15.0. The van der Waals surface area contributed by atoms with Crippen molar-refractivity contribution < 1.29 is 18.7 Å². The Kier molecular flexibility index (Phi) is 3.27. The minimum atomic E-state index is -0.578. The lowest BCUT2D eigenvalue weighted by molar-refractivity contribution is -0.0389. The lowest BCUT2D eigenvalue weighted by Gasteiger charge is -2.38. The lowest BCUT2D eigenvalue weighted by atomic mass is 9.83. The van der Waals surface area contributed by atoms with Crippen molar-refractivity contribution in [3.05, 3.63) is 58.5 Å². The summed E-state index contributed by atoms with van der Waals surface area (Å²) in [5.41, 5.74) is 1.65. The maximum Gasteiger partial charge on any atom is 0.339 e. The number of aryl methyl sites for hydroxylation is 2. The summed E-state index contributed by atoms with van der Waals surface area (Å²) in [7, 11) is 0. The number of nitrogens with zero attached hydrogens (tertiary/aromatic N) is 1. The van der Waals surface area contributed by atoms with Crippen molar-refractivity contribution in [2.75, 3.05) is 13.1 Å². The van der Waals surface area contributed by atoms with Gasteiger partial charge in [0.15, 0.2) is 0 Å². The number of hydrogen-bond acceptors (Lipinski definition) is 4. The number of rotatable bonds is 1. The highest BCUT2D eigenvalue weighted by molar-refractivity contribution is 5.96. The van der Waals surface area contributed by atoms with Gasteiger partial charge in [-0.3, -0.25) is 4.79 Å². The quantitative estimate of drug-likeness (QED) is 0.756. The molecule has 2 aromatic rings. The van der Waals surface area contributed by atoms with Crippen LogP contribution in [-0.4, -0.2) is 29.9 Å². The zero-order valence-corrected chi connectivity index (χ0v) is 13.8. The summed E-state index contributed by atoms with van der Waals surface area (Å²) in [6.07, 6.45) is 1.24. The largest absolute Gasteiger partial charge is 0.466 e. The van der Waals surface area contributed by atoms with E-state index in [9.17, 15) is 9.59 Å². The molecule has 0 aliphatic carbocycles. The zero-order chi connectivity index (χ0) is 16.9. The highest BCUT2D eigenvalue weighted by atomic mass is 16.6. The van der Waals surface area contributed by atoms with Crippen LogP contribution in [0.2, 0.25) is 0 Å².